The van der Waals surface area contributed by atoms with Crippen LogP contribution in [0.25, 0.3) is 11.1 Å². The van der Waals surface area contributed by atoms with E-state index < -0.39 is 17.3 Å². The monoisotopic (exact) mass is 567 g/mol. The number of benzene rings is 2. The number of carboxylic acids is 1. The van der Waals surface area contributed by atoms with Crippen molar-refractivity contribution in [2.45, 2.75) is 51.4 Å². The minimum atomic E-state index is -2.89. The number of ether oxygens (including phenoxy) is 1. The van der Waals surface area contributed by atoms with Crippen LogP contribution in [0.1, 0.15) is 57.4 Å². The number of carbonyl (C=O) groups excluding carboxylic acids is 1. The fourth-order valence-corrected chi connectivity index (χ4v) is 5.87. The number of nitrogens with one attached hydrogen (secondary N) is 1. The van der Waals surface area contributed by atoms with Gasteiger partial charge in [0.1, 0.15) is 5.75 Å². The molecule has 40 heavy (non-hydrogen) atoms. The van der Waals surface area contributed by atoms with Crippen molar-refractivity contribution in [1.82, 2.24) is 5.32 Å². The zero-order valence-corrected chi connectivity index (χ0v) is 23.9. The number of aliphatic carboxylic acids is 1. The second-order valence-electron chi connectivity index (χ2n) is 10.0. The van der Waals surface area contributed by atoms with E-state index in [0.717, 1.165) is 34.1 Å². The molecule has 5 nitrogen and oxygen atoms in total. The fraction of sp³-hybridized carbons (Fsp3) is 0.312. The highest BCUT2D eigenvalue weighted by Crippen LogP contribution is 2.39. The van der Waals surface area contributed by atoms with Crippen molar-refractivity contribution in [3.05, 3.63) is 100 Å². The minimum Gasteiger partial charge on any atom is -0.493 e. The molecule has 0 aliphatic rings. The number of hydrogen-bond acceptors (Lipinski definition) is 4. The highest BCUT2D eigenvalue weighted by atomic mass is 32.1. The summed E-state index contributed by atoms with van der Waals surface area (Å²) in [6.07, 6.45) is 4.67. The van der Waals surface area contributed by atoms with E-state index in [9.17, 15) is 18.4 Å². The van der Waals surface area contributed by atoms with Crippen LogP contribution < -0.4 is 10.1 Å². The number of thiophene rings is 1. The van der Waals surface area contributed by atoms with Gasteiger partial charge < -0.3 is 15.2 Å². The number of carboxylic acid groups (broad SMARTS) is 1. The van der Waals surface area contributed by atoms with Gasteiger partial charge in [-0.05, 0) is 73.2 Å². The Kier molecular flexibility index (Phi) is 10.0. The first-order valence-electron chi connectivity index (χ1n) is 12.9. The van der Waals surface area contributed by atoms with Crippen LogP contribution in [0.3, 0.4) is 0 Å². The number of rotatable bonds is 14. The molecule has 0 aliphatic heterocycles. The molecule has 212 valence electrons. The Labute approximate surface area is 238 Å². The van der Waals surface area contributed by atoms with Crippen LogP contribution in [0, 0.1) is 13.8 Å². The second kappa shape index (κ2) is 13.0. The Hall–Kier alpha value is -3.78. The topological polar surface area (TPSA) is 75.6 Å². The first-order chi connectivity index (χ1) is 18.9. The summed E-state index contributed by atoms with van der Waals surface area (Å²) in [5.74, 6) is -3.51. The summed E-state index contributed by atoms with van der Waals surface area (Å²) < 4.78 is 33.7. The molecule has 0 fully saturated rings. The lowest BCUT2D eigenvalue weighted by atomic mass is 9.80. The smallest absolute Gasteiger partial charge is 0.305 e. The number of carbonyl (C=O) groups is 2. The first kappa shape index (κ1) is 30.8. The number of allylic oxidation sites excluding steroid dienone is 2. The van der Waals surface area contributed by atoms with Crippen LogP contribution in [0.4, 0.5) is 8.78 Å². The van der Waals surface area contributed by atoms with E-state index in [1.165, 1.54) is 23.5 Å². The Morgan fingerprint density at radius 3 is 2.15 bits per heavy atom. The van der Waals surface area contributed by atoms with Crippen molar-refractivity contribution in [3.63, 3.8) is 0 Å². The molecule has 0 saturated heterocycles. The lowest BCUT2D eigenvalue weighted by Crippen LogP contribution is -2.32. The molecule has 2 aromatic carbocycles. The van der Waals surface area contributed by atoms with Crippen molar-refractivity contribution in [2.24, 2.45) is 0 Å². The van der Waals surface area contributed by atoms with E-state index in [-0.39, 0.29) is 24.4 Å². The molecule has 0 aliphatic carbocycles. The lowest BCUT2D eigenvalue weighted by Gasteiger charge is -2.31. The summed E-state index contributed by atoms with van der Waals surface area (Å²) in [6.45, 7) is 13.1. The summed E-state index contributed by atoms with van der Waals surface area (Å²) >= 11 is 1.34. The van der Waals surface area contributed by atoms with Crippen LogP contribution in [0.2, 0.25) is 0 Å². The zero-order chi connectivity index (χ0) is 29.5. The summed E-state index contributed by atoms with van der Waals surface area (Å²) in [7, 11) is 0. The molecular formula is C32H35F2NO4S. The Morgan fingerprint density at radius 1 is 1.02 bits per heavy atom. The predicted molar refractivity (Wildman–Crippen MR) is 157 cm³/mol. The van der Waals surface area contributed by atoms with E-state index in [0.29, 0.717) is 30.1 Å². The number of halogens is 2. The third-order valence-electron chi connectivity index (χ3n) is 6.75. The van der Waals surface area contributed by atoms with Crippen LogP contribution in [0.5, 0.6) is 5.75 Å². The largest absolute Gasteiger partial charge is 0.493 e. The van der Waals surface area contributed by atoms with E-state index in [1.54, 1.807) is 18.2 Å². The van der Waals surface area contributed by atoms with Gasteiger partial charge in [-0.15, -0.1) is 24.5 Å². The average Bonchev–Trinajstić information content (AvgIpc) is 3.38. The highest BCUT2D eigenvalue weighted by Gasteiger charge is 2.33. The maximum atomic E-state index is 13.7. The Morgan fingerprint density at radius 2 is 1.62 bits per heavy atom. The van der Waals surface area contributed by atoms with Crippen LogP contribution in [-0.2, 0) is 16.1 Å². The SMILES string of the molecule is C=CCC(CC=C)(COc1cc(C)c(-c2ccc(C(C)(F)F)cc2)c(C)c1)c1ccc(C(=O)NCCC(=O)O)s1. The number of aryl methyl sites for hydroxylation is 2. The van der Waals surface area contributed by atoms with Crippen LogP contribution in [0.15, 0.2) is 73.8 Å². The molecule has 0 unspecified atom stereocenters. The van der Waals surface area contributed by atoms with E-state index in [4.69, 9.17) is 9.84 Å². The fourth-order valence-electron chi connectivity index (χ4n) is 4.75. The maximum absolute atomic E-state index is 13.7. The van der Waals surface area contributed by atoms with E-state index in [1.807, 2.05) is 44.2 Å². The van der Waals surface area contributed by atoms with Crippen LogP contribution >= 0.6 is 11.3 Å². The standard InChI is InChI=1S/C32H35F2NO4S/c1-6-15-32(16-7-2,27-13-12-26(40-27)30(38)35-17-14-28(36)37)20-39-25-18-21(3)29(22(4)19-25)23-8-10-24(11-9-23)31(5,33)34/h6-13,18-19H,1-2,14-17,20H2,3-5H3,(H,35,38)(H,36,37). The zero-order valence-electron chi connectivity index (χ0n) is 23.1. The lowest BCUT2D eigenvalue weighted by molar-refractivity contribution is -0.136. The van der Waals surface area contributed by atoms with Gasteiger partial charge in [-0.25, -0.2) is 8.78 Å². The molecule has 2 N–H and O–H groups in total. The van der Waals surface area contributed by atoms with Crippen molar-refractivity contribution in [2.75, 3.05) is 13.2 Å². The third-order valence-corrected chi connectivity index (χ3v) is 8.08. The van der Waals surface area contributed by atoms with Crippen molar-refractivity contribution in [3.8, 4) is 16.9 Å². The van der Waals surface area contributed by atoms with Gasteiger partial charge in [-0.1, -0.05) is 36.4 Å². The number of amides is 1. The normalized spacial score (nSPS) is 11.6. The quantitative estimate of drug-likeness (QED) is 0.195. The highest BCUT2D eigenvalue weighted by molar-refractivity contribution is 7.14. The molecule has 3 rings (SSSR count). The van der Waals surface area contributed by atoms with Gasteiger partial charge in [0.2, 0.25) is 0 Å². The number of alkyl halides is 2. The molecule has 0 spiro atoms. The van der Waals surface area contributed by atoms with Gasteiger partial charge in [0.25, 0.3) is 11.8 Å². The maximum Gasteiger partial charge on any atom is 0.305 e. The molecule has 0 bridgehead atoms. The van der Waals surface area contributed by atoms with Crippen molar-refractivity contribution < 1.29 is 28.2 Å². The molecule has 1 amide bonds. The first-order valence-corrected chi connectivity index (χ1v) is 13.8. The summed E-state index contributed by atoms with van der Waals surface area (Å²) in [4.78, 5) is 24.7. The van der Waals surface area contributed by atoms with Crippen LogP contribution in [-0.4, -0.2) is 30.1 Å². The average molecular weight is 568 g/mol. The number of hydrogen-bond donors (Lipinski definition) is 2. The van der Waals surface area contributed by atoms with Gasteiger partial charge >= 0.3 is 5.97 Å². The van der Waals surface area contributed by atoms with Crippen molar-refractivity contribution >= 4 is 23.2 Å². The van der Waals surface area contributed by atoms with Crippen molar-refractivity contribution in [1.29, 1.82) is 0 Å². The minimum absolute atomic E-state index is 0.0261. The van der Waals surface area contributed by atoms with E-state index >= 15 is 0 Å². The molecular weight excluding hydrogens is 532 g/mol. The molecule has 0 radical (unpaired) electrons. The molecule has 1 aromatic heterocycles. The molecule has 3 aromatic rings. The summed E-state index contributed by atoms with van der Waals surface area (Å²) in [5, 5.41) is 11.5. The Balaban J connectivity index is 1.84. The molecule has 8 heteroatoms. The van der Waals surface area contributed by atoms with Gasteiger partial charge in [0.15, 0.2) is 0 Å². The van der Waals surface area contributed by atoms with Gasteiger partial charge in [0.05, 0.1) is 17.9 Å². The summed E-state index contributed by atoms with van der Waals surface area (Å²) in [5.41, 5.74) is 3.21. The summed E-state index contributed by atoms with van der Waals surface area (Å²) in [6, 6.07) is 13.9. The third kappa shape index (κ3) is 7.45. The molecule has 0 saturated carbocycles. The Bertz CT molecular complexity index is 1340. The van der Waals surface area contributed by atoms with Gasteiger partial charge in [-0.3, -0.25) is 9.59 Å². The predicted octanol–water partition coefficient (Wildman–Crippen LogP) is 7.82. The van der Waals surface area contributed by atoms with Gasteiger partial charge in [-0.2, -0.15) is 0 Å². The second-order valence-corrected chi connectivity index (χ2v) is 11.1. The van der Waals surface area contributed by atoms with E-state index in [2.05, 4.69) is 18.5 Å². The van der Waals surface area contributed by atoms with Gasteiger partial charge in [0, 0.05) is 29.3 Å². The molecule has 1 heterocycles. The molecule has 0 atom stereocenters.